The van der Waals surface area contributed by atoms with Crippen LogP contribution in [0.1, 0.15) is 25.6 Å². The number of hydroxylamine groups is 2. The Morgan fingerprint density at radius 2 is 2.21 bits per heavy atom. The molecule has 108 valence electrons. The number of thioether (sulfide) groups is 1. The number of carbonyl (C=O) groups excluding carboxylic acids is 1. The maximum atomic E-state index is 10.5. The molecular weight excluding hydrogens is 284 g/mol. The number of thiophene rings is 1. The molecular formula is C12H20N2O3S2. The smallest absolute Gasteiger partial charge is 0.338 e. The Labute approximate surface area is 121 Å². The second-order valence-electron chi connectivity index (χ2n) is 4.95. The number of nitrogens with two attached hydrogens (primary N) is 1. The summed E-state index contributed by atoms with van der Waals surface area (Å²) in [5.41, 5.74) is 4.87. The van der Waals surface area contributed by atoms with Crippen LogP contribution in [0.5, 0.6) is 0 Å². The topological polar surface area (TPSA) is 75.8 Å². The molecule has 2 amide bonds. The summed E-state index contributed by atoms with van der Waals surface area (Å²) in [6.45, 7) is 7.32. The minimum Gasteiger partial charge on any atom is -0.374 e. The monoisotopic (exact) mass is 304 g/mol. The molecule has 0 bridgehead atoms. The average molecular weight is 304 g/mol. The molecule has 1 heterocycles. The molecule has 1 aromatic heterocycles. The highest BCUT2D eigenvalue weighted by Gasteiger charge is 2.13. The normalized spacial score (nSPS) is 11.6. The van der Waals surface area contributed by atoms with E-state index in [4.69, 9.17) is 15.7 Å². The van der Waals surface area contributed by atoms with Crippen molar-refractivity contribution in [1.82, 2.24) is 5.06 Å². The van der Waals surface area contributed by atoms with Crippen molar-refractivity contribution in [2.24, 2.45) is 5.73 Å². The molecule has 19 heavy (non-hydrogen) atoms. The van der Waals surface area contributed by atoms with E-state index in [1.165, 1.54) is 4.21 Å². The van der Waals surface area contributed by atoms with Crippen LogP contribution in [-0.4, -0.2) is 34.2 Å². The van der Waals surface area contributed by atoms with Crippen LogP contribution in [-0.2, 0) is 11.3 Å². The lowest BCUT2D eigenvalue weighted by Gasteiger charge is -2.15. The van der Waals surface area contributed by atoms with Gasteiger partial charge in [0.25, 0.3) is 0 Å². The third-order valence-corrected chi connectivity index (χ3v) is 4.29. The molecule has 0 fully saturated rings. The van der Waals surface area contributed by atoms with Crippen LogP contribution in [0.2, 0.25) is 0 Å². The number of primary amides is 1. The van der Waals surface area contributed by atoms with Crippen molar-refractivity contribution in [3.05, 3.63) is 17.0 Å². The highest BCUT2D eigenvalue weighted by Crippen LogP contribution is 2.36. The summed E-state index contributed by atoms with van der Waals surface area (Å²) in [6, 6.07) is 3.24. The van der Waals surface area contributed by atoms with E-state index in [0.29, 0.717) is 11.7 Å². The molecule has 7 heteroatoms. The number of nitrogens with zero attached hydrogens (tertiary/aromatic N) is 1. The first kappa shape index (κ1) is 16.3. The molecule has 5 nitrogen and oxygen atoms in total. The maximum Gasteiger partial charge on any atom is 0.338 e. The van der Waals surface area contributed by atoms with Gasteiger partial charge >= 0.3 is 6.03 Å². The van der Waals surface area contributed by atoms with E-state index in [1.54, 1.807) is 11.3 Å². The van der Waals surface area contributed by atoms with Gasteiger partial charge in [0.05, 0.1) is 24.0 Å². The van der Waals surface area contributed by atoms with Crippen molar-refractivity contribution >= 4 is 29.1 Å². The van der Waals surface area contributed by atoms with E-state index in [9.17, 15) is 4.79 Å². The van der Waals surface area contributed by atoms with E-state index in [2.05, 4.69) is 26.8 Å². The first-order valence-corrected chi connectivity index (χ1v) is 7.52. The Bertz CT molecular complexity index is 415. The van der Waals surface area contributed by atoms with Gasteiger partial charge in [0.15, 0.2) is 0 Å². The fourth-order valence-electron chi connectivity index (χ4n) is 1.23. The summed E-state index contributed by atoms with van der Waals surface area (Å²) in [4.78, 5) is 11.7. The second-order valence-corrected chi connectivity index (χ2v) is 8.24. The Hall–Kier alpha value is -0.760. The quantitative estimate of drug-likeness (QED) is 0.367. The highest BCUT2D eigenvalue weighted by molar-refractivity contribution is 8.02. The van der Waals surface area contributed by atoms with Gasteiger partial charge in [-0.25, -0.2) is 9.86 Å². The van der Waals surface area contributed by atoms with Gasteiger partial charge < -0.3 is 10.5 Å². The van der Waals surface area contributed by atoms with Crippen LogP contribution in [0.3, 0.4) is 0 Å². The van der Waals surface area contributed by atoms with E-state index in [0.717, 1.165) is 4.88 Å². The number of carbonyl (C=O) groups is 1. The molecule has 1 rings (SSSR count). The lowest BCUT2D eigenvalue weighted by Crippen LogP contribution is -2.35. The molecule has 0 unspecified atom stereocenters. The van der Waals surface area contributed by atoms with Crippen LogP contribution >= 0.6 is 23.1 Å². The van der Waals surface area contributed by atoms with Gasteiger partial charge in [-0.3, -0.25) is 5.21 Å². The summed E-state index contributed by atoms with van der Waals surface area (Å²) in [6.07, 6.45) is 0. The molecule has 0 saturated carbocycles. The first-order valence-electron chi connectivity index (χ1n) is 5.89. The molecule has 0 radical (unpaired) electrons. The number of hydrogen-bond acceptors (Lipinski definition) is 5. The second kappa shape index (κ2) is 7.14. The van der Waals surface area contributed by atoms with Gasteiger partial charge in [-0.15, -0.1) is 23.1 Å². The standard InChI is InChI=1S/C12H20N2O3S2/c1-12(2,3)19-10-5-4-9(18-10)8-17-7-6-14(16)11(13)15/h4-5,16H,6-8H2,1-3H3,(H2,13,15). The Morgan fingerprint density at radius 1 is 1.53 bits per heavy atom. The summed E-state index contributed by atoms with van der Waals surface area (Å²) >= 11 is 3.52. The van der Waals surface area contributed by atoms with Crippen LogP contribution in [0.25, 0.3) is 0 Å². The Balaban J connectivity index is 2.29. The van der Waals surface area contributed by atoms with Crippen LogP contribution in [0, 0.1) is 0 Å². The summed E-state index contributed by atoms with van der Waals surface area (Å²) < 4.78 is 6.83. The molecule has 0 spiro atoms. The molecule has 1 aromatic rings. The first-order chi connectivity index (χ1) is 8.78. The zero-order valence-electron chi connectivity index (χ0n) is 11.4. The number of ether oxygens (including phenoxy) is 1. The van der Waals surface area contributed by atoms with E-state index in [-0.39, 0.29) is 17.9 Å². The van der Waals surface area contributed by atoms with Crippen molar-refractivity contribution < 1.29 is 14.7 Å². The van der Waals surface area contributed by atoms with Gasteiger partial charge in [-0.05, 0) is 12.1 Å². The molecule has 0 aliphatic carbocycles. The van der Waals surface area contributed by atoms with Gasteiger partial charge in [-0.2, -0.15) is 0 Å². The van der Waals surface area contributed by atoms with E-state index >= 15 is 0 Å². The number of amides is 2. The predicted molar refractivity (Wildman–Crippen MR) is 77.7 cm³/mol. The molecule has 0 saturated heterocycles. The highest BCUT2D eigenvalue weighted by atomic mass is 32.2. The van der Waals surface area contributed by atoms with Gasteiger partial charge in [0, 0.05) is 9.62 Å². The van der Waals surface area contributed by atoms with Gasteiger partial charge in [0.1, 0.15) is 0 Å². The largest absolute Gasteiger partial charge is 0.374 e. The summed E-state index contributed by atoms with van der Waals surface area (Å²) in [7, 11) is 0. The van der Waals surface area contributed by atoms with E-state index in [1.807, 2.05) is 17.8 Å². The zero-order chi connectivity index (χ0) is 14.5. The lowest BCUT2D eigenvalue weighted by molar-refractivity contribution is -0.0578. The Kier molecular flexibility index (Phi) is 6.12. The zero-order valence-corrected chi connectivity index (χ0v) is 13.0. The van der Waals surface area contributed by atoms with Crippen molar-refractivity contribution in [2.45, 2.75) is 36.3 Å². The predicted octanol–water partition coefficient (Wildman–Crippen LogP) is 2.93. The average Bonchev–Trinajstić information content (AvgIpc) is 2.69. The SMILES string of the molecule is CC(C)(C)Sc1ccc(COCCN(O)C(N)=O)s1. The van der Waals surface area contributed by atoms with Crippen molar-refractivity contribution in [3.8, 4) is 0 Å². The third-order valence-electron chi connectivity index (χ3n) is 1.99. The van der Waals surface area contributed by atoms with E-state index < -0.39 is 6.03 Å². The fraction of sp³-hybridized carbons (Fsp3) is 0.583. The van der Waals surface area contributed by atoms with Crippen molar-refractivity contribution in [2.75, 3.05) is 13.2 Å². The minimum atomic E-state index is -0.872. The third kappa shape index (κ3) is 6.81. The van der Waals surface area contributed by atoms with Crippen molar-refractivity contribution in [1.29, 1.82) is 0 Å². The van der Waals surface area contributed by atoms with Crippen LogP contribution in [0.4, 0.5) is 4.79 Å². The van der Waals surface area contributed by atoms with Crippen LogP contribution < -0.4 is 5.73 Å². The molecule has 0 aliphatic heterocycles. The molecule has 0 aliphatic rings. The molecule has 0 aromatic carbocycles. The number of urea groups is 1. The summed E-state index contributed by atoms with van der Waals surface area (Å²) in [5.74, 6) is 0. The number of hydrogen-bond donors (Lipinski definition) is 2. The minimum absolute atomic E-state index is 0.0737. The van der Waals surface area contributed by atoms with Crippen LogP contribution in [0.15, 0.2) is 16.3 Å². The van der Waals surface area contributed by atoms with Gasteiger partial charge in [-0.1, -0.05) is 20.8 Å². The number of rotatable bonds is 6. The Morgan fingerprint density at radius 3 is 2.79 bits per heavy atom. The fourth-order valence-corrected chi connectivity index (χ4v) is 3.88. The van der Waals surface area contributed by atoms with Gasteiger partial charge in [0.2, 0.25) is 0 Å². The summed E-state index contributed by atoms with van der Waals surface area (Å²) in [5, 5.41) is 9.47. The maximum absolute atomic E-state index is 10.5. The lowest BCUT2D eigenvalue weighted by atomic mass is 10.3. The molecule has 3 N–H and O–H groups in total. The van der Waals surface area contributed by atoms with Crippen molar-refractivity contribution in [3.63, 3.8) is 0 Å². The molecule has 0 atom stereocenters.